The molecule has 1 fully saturated rings. The van der Waals surface area contributed by atoms with E-state index in [-0.39, 0.29) is 23.7 Å². The Morgan fingerprint density at radius 1 is 1.29 bits per heavy atom. The van der Waals surface area contributed by atoms with Crippen LogP contribution in [0.3, 0.4) is 0 Å². The van der Waals surface area contributed by atoms with Crippen molar-refractivity contribution < 1.29 is 9.18 Å². The van der Waals surface area contributed by atoms with Gasteiger partial charge >= 0.3 is 0 Å². The van der Waals surface area contributed by atoms with Crippen molar-refractivity contribution in [2.45, 2.75) is 12.5 Å². The highest BCUT2D eigenvalue weighted by Crippen LogP contribution is 2.30. The molecule has 2 heterocycles. The SMILES string of the molecule is O=C1Nc2ccc(F)cc2NC2CCNCC12. The number of amides is 1. The maximum atomic E-state index is 13.2. The highest BCUT2D eigenvalue weighted by Gasteiger charge is 2.33. The molecule has 2 aliphatic heterocycles. The number of benzene rings is 1. The molecule has 2 aliphatic rings. The Balaban J connectivity index is 1.98. The lowest BCUT2D eigenvalue weighted by Crippen LogP contribution is -2.47. The lowest BCUT2D eigenvalue weighted by molar-refractivity contribution is -0.120. The number of carbonyl (C=O) groups is 1. The average Bonchev–Trinajstić information content (AvgIpc) is 2.46. The third-order valence-electron chi connectivity index (χ3n) is 3.40. The van der Waals surface area contributed by atoms with Gasteiger partial charge in [-0.3, -0.25) is 4.79 Å². The molecule has 1 amide bonds. The minimum Gasteiger partial charge on any atom is -0.380 e. The van der Waals surface area contributed by atoms with Crippen LogP contribution >= 0.6 is 0 Å². The first-order chi connectivity index (χ1) is 8.24. The summed E-state index contributed by atoms with van der Waals surface area (Å²) in [5, 5.41) is 9.32. The fourth-order valence-corrected chi connectivity index (χ4v) is 2.48. The topological polar surface area (TPSA) is 53.2 Å². The van der Waals surface area contributed by atoms with Crippen LogP contribution in [-0.2, 0) is 4.79 Å². The Hall–Kier alpha value is -1.62. The zero-order valence-corrected chi connectivity index (χ0v) is 9.29. The molecule has 2 atom stereocenters. The minimum atomic E-state index is -0.294. The van der Waals surface area contributed by atoms with Crippen LogP contribution in [-0.4, -0.2) is 25.0 Å². The Kier molecular flexibility index (Phi) is 2.48. The molecule has 90 valence electrons. The molecule has 4 nitrogen and oxygen atoms in total. The van der Waals surface area contributed by atoms with Crippen molar-refractivity contribution in [2.75, 3.05) is 23.7 Å². The number of rotatable bonds is 0. The van der Waals surface area contributed by atoms with Crippen molar-refractivity contribution in [1.82, 2.24) is 5.32 Å². The summed E-state index contributed by atoms with van der Waals surface area (Å²) in [7, 11) is 0. The first-order valence-corrected chi connectivity index (χ1v) is 5.82. The summed E-state index contributed by atoms with van der Waals surface area (Å²) in [6.45, 7) is 1.55. The Morgan fingerprint density at radius 2 is 2.18 bits per heavy atom. The van der Waals surface area contributed by atoms with E-state index in [2.05, 4.69) is 16.0 Å². The van der Waals surface area contributed by atoms with Crippen LogP contribution in [0.1, 0.15) is 6.42 Å². The van der Waals surface area contributed by atoms with Crippen molar-refractivity contribution in [3.05, 3.63) is 24.0 Å². The molecule has 1 aromatic carbocycles. The summed E-state index contributed by atoms with van der Waals surface area (Å²) in [5.41, 5.74) is 1.33. The maximum absolute atomic E-state index is 13.2. The number of piperidine rings is 1. The first-order valence-electron chi connectivity index (χ1n) is 5.82. The van der Waals surface area contributed by atoms with E-state index in [4.69, 9.17) is 0 Å². The van der Waals surface area contributed by atoms with Gasteiger partial charge in [-0.1, -0.05) is 0 Å². The monoisotopic (exact) mass is 235 g/mol. The van der Waals surface area contributed by atoms with Crippen molar-refractivity contribution in [3.8, 4) is 0 Å². The molecule has 0 aromatic heterocycles. The lowest BCUT2D eigenvalue weighted by Gasteiger charge is -2.29. The van der Waals surface area contributed by atoms with Gasteiger partial charge in [-0.05, 0) is 31.2 Å². The fourth-order valence-electron chi connectivity index (χ4n) is 2.48. The first kappa shape index (κ1) is 10.5. The van der Waals surface area contributed by atoms with Gasteiger partial charge in [0.1, 0.15) is 5.82 Å². The minimum absolute atomic E-state index is 0.0000539. The highest BCUT2D eigenvalue weighted by molar-refractivity contribution is 5.98. The summed E-state index contributed by atoms with van der Waals surface area (Å²) < 4.78 is 13.2. The second-order valence-electron chi connectivity index (χ2n) is 4.53. The van der Waals surface area contributed by atoms with E-state index in [1.807, 2.05) is 0 Å². The summed E-state index contributed by atoms with van der Waals surface area (Å²) in [5.74, 6) is -0.392. The molecule has 0 radical (unpaired) electrons. The molecule has 2 unspecified atom stereocenters. The normalized spacial score (nSPS) is 27.2. The summed E-state index contributed by atoms with van der Waals surface area (Å²) in [6.07, 6.45) is 0.869. The summed E-state index contributed by atoms with van der Waals surface area (Å²) in [4.78, 5) is 12.0. The van der Waals surface area contributed by atoms with Gasteiger partial charge < -0.3 is 16.0 Å². The molecule has 5 heteroatoms. The van der Waals surface area contributed by atoms with Crippen LogP contribution in [0.25, 0.3) is 0 Å². The lowest BCUT2D eigenvalue weighted by atomic mass is 9.93. The predicted molar refractivity (Wildman–Crippen MR) is 63.4 cm³/mol. The fraction of sp³-hybridized carbons (Fsp3) is 0.417. The smallest absolute Gasteiger partial charge is 0.230 e. The van der Waals surface area contributed by atoms with Gasteiger partial charge in [-0.2, -0.15) is 0 Å². The second-order valence-corrected chi connectivity index (χ2v) is 4.53. The largest absolute Gasteiger partial charge is 0.380 e. The number of nitrogens with one attached hydrogen (secondary N) is 3. The Morgan fingerprint density at radius 3 is 3.06 bits per heavy atom. The molecule has 17 heavy (non-hydrogen) atoms. The van der Waals surface area contributed by atoms with Gasteiger partial charge in [0.15, 0.2) is 0 Å². The van der Waals surface area contributed by atoms with E-state index in [1.165, 1.54) is 12.1 Å². The van der Waals surface area contributed by atoms with Gasteiger partial charge in [-0.25, -0.2) is 4.39 Å². The third kappa shape index (κ3) is 1.86. The van der Waals surface area contributed by atoms with Gasteiger partial charge in [0.25, 0.3) is 0 Å². The zero-order valence-electron chi connectivity index (χ0n) is 9.29. The van der Waals surface area contributed by atoms with Crippen LogP contribution in [0.5, 0.6) is 0 Å². The van der Waals surface area contributed by atoms with E-state index >= 15 is 0 Å². The zero-order chi connectivity index (χ0) is 11.8. The van der Waals surface area contributed by atoms with Gasteiger partial charge in [0.05, 0.1) is 17.3 Å². The predicted octanol–water partition coefficient (Wildman–Crippen LogP) is 1.17. The van der Waals surface area contributed by atoms with E-state index in [0.717, 1.165) is 13.0 Å². The van der Waals surface area contributed by atoms with Crippen LogP contribution in [0.2, 0.25) is 0 Å². The molecular formula is C12H14FN3O. The van der Waals surface area contributed by atoms with Crippen molar-refractivity contribution in [1.29, 1.82) is 0 Å². The molecular weight excluding hydrogens is 221 g/mol. The van der Waals surface area contributed by atoms with Gasteiger partial charge in [0.2, 0.25) is 5.91 Å². The van der Waals surface area contributed by atoms with Crippen LogP contribution in [0.15, 0.2) is 18.2 Å². The summed E-state index contributed by atoms with van der Waals surface area (Å²) in [6, 6.07) is 4.47. The van der Waals surface area contributed by atoms with E-state index in [9.17, 15) is 9.18 Å². The van der Waals surface area contributed by atoms with E-state index in [0.29, 0.717) is 17.9 Å². The van der Waals surface area contributed by atoms with E-state index < -0.39 is 0 Å². The van der Waals surface area contributed by atoms with Crippen molar-refractivity contribution in [2.24, 2.45) is 5.92 Å². The molecule has 0 bridgehead atoms. The Labute approximate surface area is 98.6 Å². The van der Waals surface area contributed by atoms with Crippen molar-refractivity contribution in [3.63, 3.8) is 0 Å². The number of fused-ring (bicyclic) bond motifs is 2. The molecule has 0 saturated carbocycles. The third-order valence-corrected chi connectivity index (χ3v) is 3.40. The molecule has 1 saturated heterocycles. The van der Waals surface area contributed by atoms with E-state index in [1.54, 1.807) is 6.07 Å². The Bertz CT molecular complexity index is 463. The number of anilines is 2. The summed E-state index contributed by atoms with van der Waals surface area (Å²) >= 11 is 0. The highest BCUT2D eigenvalue weighted by atomic mass is 19.1. The molecule has 0 aliphatic carbocycles. The quantitative estimate of drug-likeness (QED) is 0.632. The molecule has 1 aromatic rings. The standard InChI is InChI=1S/C12H14FN3O/c13-7-1-2-10-11(5-7)15-9-3-4-14-6-8(9)12(17)16-10/h1-2,5,8-9,14-15H,3-4,6H2,(H,16,17). The van der Waals surface area contributed by atoms with Crippen molar-refractivity contribution >= 4 is 17.3 Å². The molecule has 0 spiro atoms. The van der Waals surface area contributed by atoms with Gasteiger partial charge in [-0.15, -0.1) is 0 Å². The average molecular weight is 235 g/mol. The number of carbonyl (C=O) groups excluding carboxylic acids is 1. The van der Waals surface area contributed by atoms with Crippen LogP contribution < -0.4 is 16.0 Å². The van der Waals surface area contributed by atoms with Crippen LogP contribution in [0.4, 0.5) is 15.8 Å². The molecule has 3 N–H and O–H groups in total. The number of halogens is 1. The number of hydrogen-bond donors (Lipinski definition) is 3. The van der Waals surface area contributed by atoms with Crippen LogP contribution in [0, 0.1) is 11.7 Å². The van der Waals surface area contributed by atoms with Gasteiger partial charge in [0, 0.05) is 12.6 Å². The second kappa shape index (κ2) is 4.00. The maximum Gasteiger partial charge on any atom is 0.230 e. The molecule has 3 rings (SSSR count). The number of hydrogen-bond acceptors (Lipinski definition) is 3.